The Morgan fingerprint density at radius 3 is 2.43 bits per heavy atom. The smallest absolute Gasteiger partial charge is 0.214 e. The van der Waals surface area contributed by atoms with Crippen LogP contribution in [0.3, 0.4) is 0 Å². The summed E-state index contributed by atoms with van der Waals surface area (Å²) in [6, 6.07) is 7.27. The first-order valence-corrected chi connectivity index (χ1v) is 4.83. The van der Waals surface area contributed by atoms with Crippen LogP contribution in [0.5, 0.6) is 0 Å². The van der Waals surface area contributed by atoms with E-state index in [4.69, 9.17) is 11.6 Å². The SMILES string of the molecule is CC(C)(C)N(C=O)c1cccc(Cl)c1. The highest BCUT2D eigenvalue weighted by Crippen LogP contribution is 2.24. The van der Waals surface area contributed by atoms with Gasteiger partial charge in [0.05, 0.1) is 0 Å². The summed E-state index contributed by atoms with van der Waals surface area (Å²) in [6.45, 7) is 5.92. The Morgan fingerprint density at radius 1 is 1.36 bits per heavy atom. The normalized spacial score (nSPS) is 11.1. The van der Waals surface area contributed by atoms with Crippen molar-refractivity contribution in [1.29, 1.82) is 0 Å². The number of amides is 1. The first-order valence-electron chi connectivity index (χ1n) is 4.45. The van der Waals surface area contributed by atoms with Gasteiger partial charge in [0.2, 0.25) is 6.41 Å². The number of hydrogen-bond donors (Lipinski definition) is 0. The summed E-state index contributed by atoms with van der Waals surface area (Å²) in [5, 5.41) is 0.638. The minimum atomic E-state index is -0.230. The van der Waals surface area contributed by atoms with Gasteiger partial charge in [0.25, 0.3) is 0 Å². The van der Waals surface area contributed by atoms with Crippen molar-refractivity contribution in [3.05, 3.63) is 29.3 Å². The highest BCUT2D eigenvalue weighted by Gasteiger charge is 2.20. The predicted octanol–water partition coefficient (Wildman–Crippen LogP) is 3.10. The van der Waals surface area contributed by atoms with E-state index in [0.29, 0.717) is 5.02 Å². The van der Waals surface area contributed by atoms with Crippen molar-refractivity contribution in [2.24, 2.45) is 0 Å². The molecule has 1 rings (SSSR count). The zero-order valence-electron chi connectivity index (χ0n) is 8.62. The molecule has 0 aliphatic carbocycles. The molecular formula is C11H14ClNO. The molecule has 0 spiro atoms. The molecule has 0 atom stereocenters. The standard InChI is InChI=1S/C11H14ClNO/c1-11(2,3)13(8-14)10-6-4-5-9(12)7-10/h4-8H,1-3H3. The summed E-state index contributed by atoms with van der Waals surface area (Å²) in [5.74, 6) is 0. The average molecular weight is 212 g/mol. The molecule has 0 saturated carbocycles. The summed E-state index contributed by atoms with van der Waals surface area (Å²) in [4.78, 5) is 12.6. The van der Waals surface area contributed by atoms with Crippen molar-refractivity contribution in [1.82, 2.24) is 0 Å². The Balaban J connectivity index is 3.07. The topological polar surface area (TPSA) is 20.3 Å². The number of hydrogen-bond acceptors (Lipinski definition) is 1. The number of carbonyl (C=O) groups is 1. The molecule has 0 heterocycles. The van der Waals surface area contributed by atoms with E-state index in [-0.39, 0.29) is 5.54 Å². The minimum Gasteiger partial charge on any atom is -0.310 e. The van der Waals surface area contributed by atoms with Gasteiger partial charge in [0, 0.05) is 16.2 Å². The third-order valence-corrected chi connectivity index (χ3v) is 2.15. The van der Waals surface area contributed by atoms with Gasteiger partial charge in [-0.1, -0.05) is 17.7 Å². The Hall–Kier alpha value is -1.02. The molecule has 0 aliphatic rings. The molecule has 1 aromatic rings. The van der Waals surface area contributed by atoms with Gasteiger partial charge in [-0.2, -0.15) is 0 Å². The van der Waals surface area contributed by atoms with E-state index in [1.54, 1.807) is 17.0 Å². The molecule has 0 fully saturated rings. The largest absolute Gasteiger partial charge is 0.310 e. The van der Waals surface area contributed by atoms with Gasteiger partial charge in [-0.05, 0) is 39.0 Å². The Kier molecular flexibility index (Phi) is 3.17. The quantitative estimate of drug-likeness (QED) is 0.689. The molecule has 76 valence electrons. The lowest BCUT2D eigenvalue weighted by Gasteiger charge is -2.32. The summed E-state index contributed by atoms with van der Waals surface area (Å²) in [6.07, 6.45) is 0.825. The molecule has 0 bridgehead atoms. The number of anilines is 1. The number of rotatable bonds is 2. The summed E-state index contributed by atoms with van der Waals surface area (Å²) in [5.41, 5.74) is 0.590. The van der Waals surface area contributed by atoms with Crippen molar-refractivity contribution in [2.75, 3.05) is 4.90 Å². The lowest BCUT2D eigenvalue weighted by atomic mass is 10.1. The van der Waals surface area contributed by atoms with E-state index in [1.807, 2.05) is 32.9 Å². The van der Waals surface area contributed by atoms with Crippen LogP contribution in [-0.2, 0) is 4.79 Å². The van der Waals surface area contributed by atoms with Crippen molar-refractivity contribution in [3.63, 3.8) is 0 Å². The van der Waals surface area contributed by atoms with Gasteiger partial charge in [0.1, 0.15) is 0 Å². The number of carbonyl (C=O) groups excluding carboxylic acids is 1. The zero-order chi connectivity index (χ0) is 10.8. The van der Waals surface area contributed by atoms with Crippen LogP contribution in [-0.4, -0.2) is 11.9 Å². The van der Waals surface area contributed by atoms with Crippen LogP contribution in [0.15, 0.2) is 24.3 Å². The fourth-order valence-electron chi connectivity index (χ4n) is 1.23. The zero-order valence-corrected chi connectivity index (χ0v) is 9.38. The van der Waals surface area contributed by atoms with E-state index in [9.17, 15) is 4.79 Å². The van der Waals surface area contributed by atoms with Gasteiger partial charge in [-0.25, -0.2) is 0 Å². The first kappa shape index (κ1) is 11.1. The molecule has 2 nitrogen and oxygen atoms in total. The Labute approximate surface area is 89.5 Å². The third kappa shape index (κ3) is 2.48. The second-order valence-electron chi connectivity index (χ2n) is 4.13. The monoisotopic (exact) mass is 211 g/mol. The van der Waals surface area contributed by atoms with Crippen LogP contribution in [0.1, 0.15) is 20.8 Å². The average Bonchev–Trinajstić information content (AvgIpc) is 2.02. The van der Waals surface area contributed by atoms with Crippen LogP contribution in [0.4, 0.5) is 5.69 Å². The minimum absolute atomic E-state index is 0.230. The Morgan fingerprint density at radius 2 is 2.00 bits per heavy atom. The van der Waals surface area contributed by atoms with Crippen LogP contribution in [0.25, 0.3) is 0 Å². The molecule has 0 unspecified atom stereocenters. The predicted molar refractivity (Wildman–Crippen MR) is 59.7 cm³/mol. The van der Waals surface area contributed by atoms with E-state index in [2.05, 4.69) is 0 Å². The maximum atomic E-state index is 10.9. The van der Waals surface area contributed by atoms with E-state index >= 15 is 0 Å². The maximum Gasteiger partial charge on any atom is 0.214 e. The van der Waals surface area contributed by atoms with Crippen LogP contribution in [0, 0.1) is 0 Å². The molecule has 0 saturated heterocycles. The lowest BCUT2D eigenvalue weighted by molar-refractivity contribution is -0.108. The summed E-state index contributed by atoms with van der Waals surface area (Å²) < 4.78 is 0. The molecule has 0 aromatic heterocycles. The van der Waals surface area contributed by atoms with E-state index < -0.39 is 0 Å². The van der Waals surface area contributed by atoms with Gasteiger partial charge in [-0.3, -0.25) is 4.79 Å². The fraction of sp³-hybridized carbons (Fsp3) is 0.364. The summed E-state index contributed by atoms with van der Waals surface area (Å²) >= 11 is 5.85. The second kappa shape index (κ2) is 4.01. The van der Waals surface area contributed by atoms with Crippen LogP contribution >= 0.6 is 11.6 Å². The number of benzene rings is 1. The summed E-state index contributed by atoms with van der Waals surface area (Å²) in [7, 11) is 0. The van der Waals surface area contributed by atoms with Crippen molar-refractivity contribution < 1.29 is 4.79 Å². The van der Waals surface area contributed by atoms with Gasteiger partial charge >= 0.3 is 0 Å². The highest BCUT2D eigenvalue weighted by atomic mass is 35.5. The molecule has 1 aromatic carbocycles. The van der Waals surface area contributed by atoms with Crippen molar-refractivity contribution >= 4 is 23.7 Å². The highest BCUT2D eigenvalue weighted by molar-refractivity contribution is 6.30. The van der Waals surface area contributed by atoms with Gasteiger partial charge in [-0.15, -0.1) is 0 Å². The van der Waals surface area contributed by atoms with E-state index in [0.717, 1.165) is 12.1 Å². The molecular weight excluding hydrogens is 198 g/mol. The van der Waals surface area contributed by atoms with Gasteiger partial charge < -0.3 is 4.90 Å². The Bertz CT molecular complexity index is 330. The van der Waals surface area contributed by atoms with Crippen LogP contribution < -0.4 is 4.90 Å². The van der Waals surface area contributed by atoms with Crippen molar-refractivity contribution in [3.8, 4) is 0 Å². The lowest BCUT2D eigenvalue weighted by Crippen LogP contribution is -2.40. The molecule has 0 radical (unpaired) electrons. The molecule has 1 amide bonds. The third-order valence-electron chi connectivity index (χ3n) is 1.91. The maximum absolute atomic E-state index is 10.9. The first-order chi connectivity index (χ1) is 6.45. The van der Waals surface area contributed by atoms with Crippen LogP contribution in [0.2, 0.25) is 5.02 Å². The van der Waals surface area contributed by atoms with Gasteiger partial charge in [0.15, 0.2) is 0 Å². The number of halogens is 1. The fourth-order valence-corrected chi connectivity index (χ4v) is 1.42. The molecule has 14 heavy (non-hydrogen) atoms. The second-order valence-corrected chi connectivity index (χ2v) is 4.56. The molecule has 3 heteroatoms. The van der Waals surface area contributed by atoms with E-state index in [1.165, 1.54) is 0 Å². The molecule has 0 N–H and O–H groups in total. The number of nitrogens with zero attached hydrogens (tertiary/aromatic N) is 1. The molecule has 0 aliphatic heterocycles. The van der Waals surface area contributed by atoms with Crippen molar-refractivity contribution in [2.45, 2.75) is 26.3 Å².